The molecule has 0 amide bonds. The van der Waals surface area contributed by atoms with E-state index < -0.39 is 0 Å². The molecule has 4 heteroatoms. The lowest BCUT2D eigenvalue weighted by molar-refractivity contribution is 0.0372. The third kappa shape index (κ3) is 4.25. The maximum atomic E-state index is 12.9. The van der Waals surface area contributed by atoms with Crippen LogP contribution in [0, 0.1) is 5.82 Å². The Morgan fingerprint density at radius 2 is 1.86 bits per heavy atom. The average Bonchev–Trinajstić information content (AvgIpc) is 2.48. The Hall–Kier alpha value is -0.970. The molecule has 2 aliphatic rings. The van der Waals surface area contributed by atoms with Crippen molar-refractivity contribution in [2.24, 2.45) is 0 Å². The maximum absolute atomic E-state index is 12.9. The van der Waals surface area contributed by atoms with Gasteiger partial charge < -0.3 is 10.1 Å². The quantitative estimate of drug-likeness (QED) is 0.815. The largest absolute Gasteiger partial charge is 0.379 e. The standard InChI is InChI=1S/C17H25FN2O/c18-16-4-2-14(3-5-16)15-12-17(13-15)19-6-1-7-20-8-10-21-11-9-20/h2-5,15,17,19H,1,6-13H2. The highest BCUT2D eigenvalue weighted by molar-refractivity contribution is 5.23. The van der Waals surface area contributed by atoms with Gasteiger partial charge in [0.15, 0.2) is 0 Å². The van der Waals surface area contributed by atoms with Crippen LogP contribution in [0.25, 0.3) is 0 Å². The van der Waals surface area contributed by atoms with Crippen LogP contribution in [-0.4, -0.2) is 50.3 Å². The number of hydrogen-bond acceptors (Lipinski definition) is 3. The van der Waals surface area contributed by atoms with Gasteiger partial charge in [-0.2, -0.15) is 0 Å². The molecular weight excluding hydrogens is 267 g/mol. The lowest BCUT2D eigenvalue weighted by Crippen LogP contribution is -2.42. The number of morpholine rings is 1. The molecule has 1 aromatic carbocycles. The molecule has 1 N–H and O–H groups in total. The van der Waals surface area contributed by atoms with Gasteiger partial charge in [-0.25, -0.2) is 4.39 Å². The minimum atomic E-state index is -0.143. The van der Waals surface area contributed by atoms with E-state index in [1.54, 1.807) is 12.1 Å². The van der Waals surface area contributed by atoms with E-state index in [1.165, 1.54) is 31.4 Å². The summed E-state index contributed by atoms with van der Waals surface area (Å²) in [6.45, 7) is 6.19. The first kappa shape index (κ1) is 14.9. The molecule has 1 saturated carbocycles. The van der Waals surface area contributed by atoms with Gasteiger partial charge in [-0.05, 0) is 56.0 Å². The fraction of sp³-hybridized carbons (Fsp3) is 0.647. The topological polar surface area (TPSA) is 24.5 Å². The molecule has 3 rings (SSSR count). The molecule has 116 valence electrons. The van der Waals surface area contributed by atoms with E-state index >= 15 is 0 Å². The zero-order valence-corrected chi connectivity index (χ0v) is 12.6. The Labute approximate surface area is 126 Å². The molecule has 3 nitrogen and oxygen atoms in total. The van der Waals surface area contributed by atoms with Crippen molar-refractivity contribution in [1.29, 1.82) is 0 Å². The number of halogens is 1. The van der Waals surface area contributed by atoms with Crippen molar-refractivity contribution in [2.75, 3.05) is 39.4 Å². The molecule has 0 bridgehead atoms. The summed E-state index contributed by atoms with van der Waals surface area (Å²) in [4.78, 5) is 2.48. The summed E-state index contributed by atoms with van der Waals surface area (Å²) in [5.41, 5.74) is 1.28. The highest BCUT2D eigenvalue weighted by atomic mass is 19.1. The van der Waals surface area contributed by atoms with Crippen LogP contribution in [0.5, 0.6) is 0 Å². The third-order valence-electron chi connectivity index (χ3n) is 4.67. The number of rotatable bonds is 6. The molecule has 1 aliphatic carbocycles. The molecule has 2 fully saturated rings. The number of nitrogens with zero attached hydrogens (tertiary/aromatic N) is 1. The van der Waals surface area contributed by atoms with Gasteiger partial charge in [0.2, 0.25) is 0 Å². The summed E-state index contributed by atoms with van der Waals surface area (Å²) in [6, 6.07) is 7.63. The van der Waals surface area contributed by atoms with E-state index in [0.717, 1.165) is 32.8 Å². The number of nitrogens with one attached hydrogen (secondary N) is 1. The van der Waals surface area contributed by atoms with Gasteiger partial charge in [-0.1, -0.05) is 12.1 Å². The first-order valence-electron chi connectivity index (χ1n) is 8.10. The Morgan fingerprint density at radius 3 is 2.57 bits per heavy atom. The fourth-order valence-corrected chi connectivity index (χ4v) is 3.23. The smallest absolute Gasteiger partial charge is 0.123 e. The van der Waals surface area contributed by atoms with Gasteiger partial charge in [0, 0.05) is 19.1 Å². The molecule has 1 aliphatic heterocycles. The second-order valence-corrected chi connectivity index (χ2v) is 6.18. The first-order chi connectivity index (χ1) is 10.3. The molecule has 1 heterocycles. The summed E-state index contributed by atoms with van der Waals surface area (Å²) in [5, 5.41) is 3.64. The van der Waals surface area contributed by atoms with Crippen LogP contribution in [0.2, 0.25) is 0 Å². The molecule has 0 atom stereocenters. The Morgan fingerprint density at radius 1 is 1.14 bits per heavy atom. The second-order valence-electron chi connectivity index (χ2n) is 6.18. The first-order valence-corrected chi connectivity index (χ1v) is 8.10. The zero-order chi connectivity index (χ0) is 14.5. The Bertz CT molecular complexity index is 425. The van der Waals surface area contributed by atoms with Crippen LogP contribution < -0.4 is 5.32 Å². The number of benzene rings is 1. The van der Waals surface area contributed by atoms with Crippen molar-refractivity contribution in [3.8, 4) is 0 Å². The molecule has 21 heavy (non-hydrogen) atoms. The van der Waals surface area contributed by atoms with Crippen molar-refractivity contribution in [2.45, 2.75) is 31.2 Å². The molecule has 0 unspecified atom stereocenters. The molecule has 0 radical (unpaired) electrons. The van der Waals surface area contributed by atoms with Crippen LogP contribution in [-0.2, 0) is 4.74 Å². The van der Waals surface area contributed by atoms with Crippen LogP contribution in [0.1, 0.15) is 30.7 Å². The zero-order valence-electron chi connectivity index (χ0n) is 12.6. The van der Waals surface area contributed by atoms with Gasteiger partial charge in [-0.3, -0.25) is 4.90 Å². The van der Waals surface area contributed by atoms with Gasteiger partial charge in [-0.15, -0.1) is 0 Å². The van der Waals surface area contributed by atoms with E-state index in [9.17, 15) is 4.39 Å². The van der Waals surface area contributed by atoms with Crippen LogP contribution >= 0.6 is 0 Å². The maximum Gasteiger partial charge on any atom is 0.123 e. The summed E-state index contributed by atoms with van der Waals surface area (Å²) in [7, 11) is 0. The summed E-state index contributed by atoms with van der Waals surface area (Å²) in [5.74, 6) is 0.471. The molecule has 1 saturated heterocycles. The van der Waals surface area contributed by atoms with Crippen molar-refractivity contribution >= 4 is 0 Å². The van der Waals surface area contributed by atoms with Gasteiger partial charge in [0.1, 0.15) is 5.82 Å². The normalized spacial score (nSPS) is 26.5. The molecule has 0 spiro atoms. The van der Waals surface area contributed by atoms with Crippen LogP contribution in [0.15, 0.2) is 24.3 Å². The predicted octanol–water partition coefficient (Wildman–Crippen LogP) is 2.38. The van der Waals surface area contributed by atoms with Gasteiger partial charge in [0.05, 0.1) is 13.2 Å². The SMILES string of the molecule is Fc1ccc(C2CC(NCCCN3CCOCC3)C2)cc1. The predicted molar refractivity (Wildman–Crippen MR) is 82.0 cm³/mol. The van der Waals surface area contributed by atoms with Gasteiger partial charge in [0.25, 0.3) is 0 Å². The highest BCUT2D eigenvalue weighted by Crippen LogP contribution is 2.36. The third-order valence-corrected chi connectivity index (χ3v) is 4.67. The number of hydrogen-bond donors (Lipinski definition) is 1. The molecule has 0 aromatic heterocycles. The molecule has 1 aromatic rings. The van der Waals surface area contributed by atoms with E-state index in [2.05, 4.69) is 10.2 Å². The van der Waals surface area contributed by atoms with Crippen molar-refractivity contribution in [3.05, 3.63) is 35.6 Å². The lowest BCUT2D eigenvalue weighted by Gasteiger charge is -2.36. The molecular formula is C17H25FN2O. The summed E-state index contributed by atoms with van der Waals surface area (Å²) in [6.07, 6.45) is 3.57. The van der Waals surface area contributed by atoms with Crippen LogP contribution in [0.4, 0.5) is 4.39 Å². The highest BCUT2D eigenvalue weighted by Gasteiger charge is 2.29. The van der Waals surface area contributed by atoms with Crippen molar-refractivity contribution < 1.29 is 9.13 Å². The van der Waals surface area contributed by atoms with E-state index in [1.807, 2.05) is 12.1 Å². The van der Waals surface area contributed by atoms with Crippen molar-refractivity contribution in [1.82, 2.24) is 10.2 Å². The van der Waals surface area contributed by atoms with Gasteiger partial charge >= 0.3 is 0 Å². The van der Waals surface area contributed by atoms with Crippen LogP contribution in [0.3, 0.4) is 0 Å². The Kier molecular flexibility index (Phi) is 5.22. The minimum Gasteiger partial charge on any atom is -0.379 e. The lowest BCUT2D eigenvalue weighted by atomic mass is 9.76. The van der Waals surface area contributed by atoms with E-state index in [4.69, 9.17) is 4.74 Å². The van der Waals surface area contributed by atoms with E-state index in [0.29, 0.717) is 12.0 Å². The minimum absolute atomic E-state index is 0.143. The summed E-state index contributed by atoms with van der Waals surface area (Å²) < 4.78 is 18.2. The fourth-order valence-electron chi connectivity index (χ4n) is 3.23. The van der Waals surface area contributed by atoms with E-state index in [-0.39, 0.29) is 5.82 Å². The van der Waals surface area contributed by atoms with Crippen molar-refractivity contribution in [3.63, 3.8) is 0 Å². The Balaban J connectivity index is 1.28. The summed E-state index contributed by atoms with van der Waals surface area (Å²) >= 11 is 0. The second kappa shape index (κ2) is 7.34. The monoisotopic (exact) mass is 292 g/mol. The average molecular weight is 292 g/mol. The number of ether oxygens (including phenoxy) is 1.